The zero-order chi connectivity index (χ0) is 20.0. The van der Waals surface area contributed by atoms with E-state index in [1.165, 1.54) is 31.5 Å². The molecule has 8 heteroatoms. The van der Waals surface area contributed by atoms with Crippen LogP contribution < -0.4 is 0 Å². The van der Waals surface area contributed by atoms with Crippen molar-refractivity contribution >= 4 is 23.4 Å². The average molecular weight is 430 g/mol. The van der Waals surface area contributed by atoms with Crippen LogP contribution in [-0.4, -0.2) is 50.0 Å². The molecule has 1 aliphatic heterocycles. The molecule has 1 aliphatic carbocycles. The van der Waals surface area contributed by atoms with E-state index in [1.54, 1.807) is 11.8 Å². The normalized spacial score (nSPS) is 23.5. The van der Waals surface area contributed by atoms with Crippen LogP contribution in [0.2, 0.25) is 5.02 Å². The predicted molar refractivity (Wildman–Crippen MR) is 114 cm³/mol. The molecule has 2 aliphatic rings. The number of benzene rings is 1. The Morgan fingerprint density at radius 3 is 2.86 bits per heavy atom. The van der Waals surface area contributed by atoms with E-state index >= 15 is 0 Å². The third-order valence-electron chi connectivity index (χ3n) is 6.27. The van der Waals surface area contributed by atoms with Crippen molar-refractivity contribution in [3.8, 4) is 11.6 Å². The van der Waals surface area contributed by atoms with Gasteiger partial charge < -0.3 is 13.9 Å². The van der Waals surface area contributed by atoms with Crippen molar-refractivity contribution in [3.63, 3.8) is 0 Å². The van der Waals surface area contributed by atoms with E-state index in [1.807, 2.05) is 30.7 Å². The number of rotatable bonds is 7. The highest BCUT2D eigenvalue weighted by Crippen LogP contribution is 2.59. The molecule has 29 heavy (non-hydrogen) atoms. The van der Waals surface area contributed by atoms with Gasteiger partial charge >= 0.3 is 0 Å². The van der Waals surface area contributed by atoms with Crippen LogP contribution in [0.25, 0.3) is 11.6 Å². The quantitative estimate of drug-likeness (QED) is 0.414. The molecule has 6 nitrogen and oxygen atoms in total. The first-order chi connectivity index (χ1) is 14.1. The molecule has 2 fully saturated rings. The molecule has 2 atom stereocenters. The van der Waals surface area contributed by atoms with E-state index in [0.29, 0.717) is 11.2 Å². The van der Waals surface area contributed by atoms with Gasteiger partial charge in [0.15, 0.2) is 17.3 Å². The Kier molecular flexibility index (Phi) is 4.92. The number of aromatic nitrogens is 4. The minimum absolute atomic E-state index is 0.380. The summed E-state index contributed by atoms with van der Waals surface area (Å²) >= 11 is 7.81. The predicted octanol–water partition coefficient (Wildman–Crippen LogP) is 4.19. The van der Waals surface area contributed by atoms with Gasteiger partial charge in [0, 0.05) is 36.3 Å². The smallest absolute Gasteiger partial charge is 0.202 e. The monoisotopic (exact) mass is 429 g/mol. The van der Waals surface area contributed by atoms with E-state index < -0.39 is 0 Å². The fourth-order valence-electron chi connectivity index (χ4n) is 4.59. The van der Waals surface area contributed by atoms with Crippen LogP contribution in [0.4, 0.5) is 0 Å². The second-order valence-corrected chi connectivity index (χ2v) is 9.63. The van der Waals surface area contributed by atoms with Gasteiger partial charge in [0.2, 0.25) is 5.82 Å². The van der Waals surface area contributed by atoms with Gasteiger partial charge in [-0.25, -0.2) is 4.98 Å². The van der Waals surface area contributed by atoms with Crippen molar-refractivity contribution in [1.82, 2.24) is 24.6 Å². The molecule has 0 spiro atoms. The number of piperidine rings is 1. The molecule has 0 amide bonds. The molecule has 1 saturated heterocycles. The Morgan fingerprint density at radius 2 is 2.10 bits per heavy atom. The Bertz CT molecular complexity index is 1020. The van der Waals surface area contributed by atoms with Gasteiger partial charge in [-0.05, 0) is 49.9 Å². The lowest BCUT2D eigenvalue weighted by atomic mass is 9.95. The summed E-state index contributed by atoms with van der Waals surface area (Å²) < 4.78 is 7.43. The number of fused-ring (bicyclic) bond motifs is 1. The van der Waals surface area contributed by atoms with E-state index in [-0.39, 0.29) is 0 Å². The van der Waals surface area contributed by atoms with E-state index in [0.717, 1.165) is 46.3 Å². The minimum atomic E-state index is 0.380. The zero-order valence-corrected chi connectivity index (χ0v) is 18.2. The highest BCUT2D eigenvalue weighted by molar-refractivity contribution is 7.99. The van der Waals surface area contributed by atoms with Gasteiger partial charge in [0.1, 0.15) is 0 Å². The fraction of sp³-hybridized carbons (Fsp3) is 0.476. The summed E-state index contributed by atoms with van der Waals surface area (Å²) in [7, 11) is 1.98. The standard InChI is InChI=1S/C21H24ClN5OS/c1-14-18(28-13-23-14)19-24-25-20(26(19)2)29-9-3-8-27-11-16-10-21(16,12-27)15-4-6-17(22)7-5-15/h4-7,13,16H,3,8-12H2,1-2H3/t16-,21?/m0/s1. The topological polar surface area (TPSA) is 60.0 Å². The fourth-order valence-corrected chi connectivity index (χ4v) is 5.55. The molecular weight excluding hydrogens is 406 g/mol. The highest BCUT2D eigenvalue weighted by atomic mass is 35.5. The van der Waals surface area contributed by atoms with Crippen molar-refractivity contribution in [2.24, 2.45) is 13.0 Å². The number of hydrogen-bond acceptors (Lipinski definition) is 6. The summed E-state index contributed by atoms with van der Waals surface area (Å²) in [5.41, 5.74) is 2.67. The lowest BCUT2D eigenvalue weighted by molar-refractivity contribution is 0.299. The van der Waals surface area contributed by atoms with Gasteiger partial charge in [-0.2, -0.15) is 0 Å². The summed E-state index contributed by atoms with van der Waals surface area (Å²) in [6.07, 6.45) is 3.91. The summed E-state index contributed by atoms with van der Waals surface area (Å²) in [6.45, 7) is 5.43. The highest BCUT2D eigenvalue weighted by Gasteiger charge is 2.60. The molecule has 0 bridgehead atoms. The third-order valence-corrected chi connectivity index (χ3v) is 7.63. The molecule has 0 N–H and O–H groups in total. The largest absolute Gasteiger partial charge is 0.440 e. The number of thioether (sulfide) groups is 1. The van der Waals surface area contributed by atoms with Crippen molar-refractivity contribution in [3.05, 3.63) is 46.9 Å². The van der Waals surface area contributed by atoms with Crippen LogP contribution in [0.5, 0.6) is 0 Å². The molecule has 152 valence electrons. The Hall–Kier alpha value is -1.83. The second kappa shape index (κ2) is 7.45. The van der Waals surface area contributed by atoms with E-state index in [4.69, 9.17) is 16.0 Å². The first-order valence-electron chi connectivity index (χ1n) is 9.98. The first-order valence-corrected chi connectivity index (χ1v) is 11.3. The van der Waals surface area contributed by atoms with E-state index in [2.05, 4.69) is 32.2 Å². The molecular formula is C21H24ClN5OS. The molecule has 1 saturated carbocycles. The number of halogens is 1. The van der Waals surface area contributed by atoms with Crippen molar-refractivity contribution in [2.75, 3.05) is 25.4 Å². The van der Waals surface area contributed by atoms with Crippen molar-refractivity contribution < 1.29 is 4.42 Å². The van der Waals surface area contributed by atoms with Crippen LogP contribution >= 0.6 is 23.4 Å². The number of oxazole rings is 1. The Balaban J connectivity index is 1.13. The van der Waals surface area contributed by atoms with Crippen LogP contribution in [0.3, 0.4) is 0 Å². The number of hydrogen-bond donors (Lipinski definition) is 0. The molecule has 3 aromatic rings. The van der Waals surface area contributed by atoms with Gasteiger partial charge in [0.05, 0.1) is 5.69 Å². The third kappa shape index (κ3) is 3.49. The Labute approximate surface area is 179 Å². The maximum Gasteiger partial charge on any atom is 0.202 e. The van der Waals surface area contributed by atoms with Crippen LogP contribution in [0.15, 0.2) is 40.2 Å². The minimum Gasteiger partial charge on any atom is -0.440 e. The number of aryl methyl sites for hydroxylation is 1. The molecule has 0 radical (unpaired) electrons. The van der Waals surface area contributed by atoms with Gasteiger partial charge in [-0.1, -0.05) is 35.5 Å². The van der Waals surface area contributed by atoms with Crippen molar-refractivity contribution in [2.45, 2.75) is 30.3 Å². The Morgan fingerprint density at radius 1 is 1.28 bits per heavy atom. The van der Waals surface area contributed by atoms with Crippen LogP contribution in [-0.2, 0) is 12.5 Å². The average Bonchev–Trinajstić information content (AvgIpc) is 3.02. The lowest BCUT2D eigenvalue weighted by Crippen LogP contribution is -2.27. The van der Waals surface area contributed by atoms with E-state index in [9.17, 15) is 0 Å². The maximum atomic E-state index is 6.06. The molecule has 3 heterocycles. The van der Waals surface area contributed by atoms with Gasteiger partial charge in [-0.15, -0.1) is 10.2 Å². The van der Waals surface area contributed by atoms with Crippen LogP contribution in [0.1, 0.15) is 24.1 Å². The zero-order valence-electron chi connectivity index (χ0n) is 16.6. The summed E-state index contributed by atoms with van der Waals surface area (Å²) in [5.74, 6) is 3.25. The molecule has 1 aromatic carbocycles. The molecule has 2 aromatic heterocycles. The number of nitrogens with zero attached hydrogens (tertiary/aromatic N) is 5. The summed E-state index contributed by atoms with van der Waals surface area (Å²) in [6, 6.07) is 8.47. The van der Waals surface area contributed by atoms with Gasteiger partial charge in [-0.3, -0.25) is 0 Å². The summed E-state index contributed by atoms with van der Waals surface area (Å²) in [4.78, 5) is 6.75. The number of likely N-dealkylation sites (tertiary alicyclic amines) is 1. The summed E-state index contributed by atoms with van der Waals surface area (Å²) in [5, 5.41) is 10.3. The van der Waals surface area contributed by atoms with Gasteiger partial charge in [0.25, 0.3) is 0 Å². The second-order valence-electron chi connectivity index (χ2n) is 8.13. The molecule has 1 unspecified atom stereocenters. The first kappa shape index (κ1) is 19.2. The lowest BCUT2D eigenvalue weighted by Gasteiger charge is -2.21. The van der Waals surface area contributed by atoms with Crippen LogP contribution in [0, 0.1) is 12.8 Å². The maximum absolute atomic E-state index is 6.06. The molecule has 5 rings (SSSR count). The SMILES string of the molecule is Cc1ncoc1-c1nnc(SCCCN2C[C@@H]3CC3(c3ccc(Cl)cc3)C2)n1C. The van der Waals surface area contributed by atoms with Crippen molar-refractivity contribution in [1.29, 1.82) is 0 Å².